The first-order valence-electron chi connectivity index (χ1n) is 8.57. The summed E-state index contributed by atoms with van der Waals surface area (Å²) in [6, 6.07) is 14.4. The number of halogens is 1. The highest BCUT2D eigenvalue weighted by molar-refractivity contribution is 5.77. The van der Waals surface area contributed by atoms with Crippen LogP contribution in [-0.4, -0.2) is 34.0 Å². The third-order valence-corrected chi connectivity index (χ3v) is 4.92. The number of carbonyl (C=O) groups is 1. The predicted molar refractivity (Wildman–Crippen MR) is 93.5 cm³/mol. The predicted octanol–water partition coefficient (Wildman–Crippen LogP) is 3.17. The SMILES string of the molecule is CC(O)(CC(=O)N1CCC(F)(c2ccccn2)CC1)c1ccccc1. The van der Waals surface area contributed by atoms with Crippen LogP contribution in [0.25, 0.3) is 0 Å². The Labute approximate surface area is 147 Å². The second kappa shape index (κ2) is 6.92. The minimum Gasteiger partial charge on any atom is -0.385 e. The molecule has 4 nitrogen and oxygen atoms in total. The van der Waals surface area contributed by atoms with E-state index in [9.17, 15) is 9.90 Å². The molecule has 5 heteroatoms. The summed E-state index contributed by atoms with van der Waals surface area (Å²) < 4.78 is 15.1. The molecule has 1 atom stereocenters. The van der Waals surface area contributed by atoms with Gasteiger partial charge in [0.05, 0.1) is 17.7 Å². The van der Waals surface area contributed by atoms with E-state index in [1.807, 2.05) is 18.2 Å². The van der Waals surface area contributed by atoms with Gasteiger partial charge in [0, 0.05) is 32.1 Å². The molecule has 0 spiro atoms. The summed E-state index contributed by atoms with van der Waals surface area (Å²) in [5, 5.41) is 10.6. The second-order valence-corrected chi connectivity index (χ2v) is 6.88. The van der Waals surface area contributed by atoms with Crippen LogP contribution >= 0.6 is 0 Å². The normalized spacial score (nSPS) is 19.2. The van der Waals surface area contributed by atoms with Crippen LogP contribution in [0.2, 0.25) is 0 Å². The molecule has 1 fully saturated rings. The van der Waals surface area contributed by atoms with Crippen molar-refractivity contribution in [3.63, 3.8) is 0 Å². The van der Waals surface area contributed by atoms with Gasteiger partial charge in [-0.15, -0.1) is 0 Å². The number of hydrogen-bond donors (Lipinski definition) is 1. The third-order valence-electron chi connectivity index (χ3n) is 4.92. The quantitative estimate of drug-likeness (QED) is 0.928. The minimum atomic E-state index is -1.49. The average Bonchev–Trinajstić information content (AvgIpc) is 2.63. The molecule has 1 aromatic heterocycles. The summed E-state index contributed by atoms with van der Waals surface area (Å²) in [7, 11) is 0. The molecule has 0 saturated carbocycles. The van der Waals surface area contributed by atoms with Gasteiger partial charge in [-0.05, 0) is 24.6 Å². The lowest BCUT2D eigenvalue weighted by molar-refractivity contribution is -0.139. The first-order valence-corrected chi connectivity index (χ1v) is 8.57. The monoisotopic (exact) mass is 342 g/mol. The zero-order chi connectivity index (χ0) is 17.9. The number of aliphatic hydroxyl groups is 1. The molecular weight excluding hydrogens is 319 g/mol. The highest BCUT2D eigenvalue weighted by atomic mass is 19.1. The van der Waals surface area contributed by atoms with Crippen molar-refractivity contribution in [2.24, 2.45) is 0 Å². The van der Waals surface area contributed by atoms with Gasteiger partial charge in [0.1, 0.15) is 0 Å². The zero-order valence-corrected chi connectivity index (χ0v) is 14.4. The summed E-state index contributed by atoms with van der Waals surface area (Å²) >= 11 is 0. The van der Waals surface area contributed by atoms with Gasteiger partial charge in [0.15, 0.2) is 5.67 Å². The number of likely N-dealkylation sites (tertiary alicyclic amines) is 1. The Hall–Kier alpha value is -2.27. The van der Waals surface area contributed by atoms with Crippen LogP contribution in [0.5, 0.6) is 0 Å². The van der Waals surface area contributed by atoms with Gasteiger partial charge < -0.3 is 10.0 Å². The Bertz CT molecular complexity index is 711. The Morgan fingerprint density at radius 1 is 1.20 bits per heavy atom. The fourth-order valence-electron chi connectivity index (χ4n) is 3.30. The molecule has 1 aliphatic rings. The summed E-state index contributed by atoms with van der Waals surface area (Å²) in [4.78, 5) is 18.3. The molecule has 2 heterocycles. The van der Waals surface area contributed by atoms with E-state index in [0.29, 0.717) is 24.3 Å². The number of hydrogen-bond acceptors (Lipinski definition) is 3. The molecule has 1 aromatic carbocycles. The van der Waals surface area contributed by atoms with Crippen molar-refractivity contribution < 1.29 is 14.3 Å². The summed E-state index contributed by atoms with van der Waals surface area (Å²) in [6.07, 6.45) is 2.03. The summed E-state index contributed by atoms with van der Waals surface area (Å²) in [6.45, 7) is 2.30. The molecule has 1 aliphatic heterocycles. The zero-order valence-electron chi connectivity index (χ0n) is 14.4. The number of benzene rings is 1. The number of rotatable bonds is 4. The van der Waals surface area contributed by atoms with Crippen LogP contribution in [0.1, 0.15) is 37.4 Å². The van der Waals surface area contributed by atoms with Crippen molar-refractivity contribution in [2.45, 2.75) is 37.5 Å². The largest absolute Gasteiger partial charge is 0.385 e. The second-order valence-electron chi connectivity index (χ2n) is 6.88. The number of aromatic nitrogens is 1. The highest BCUT2D eigenvalue weighted by Crippen LogP contribution is 2.36. The molecule has 25 heavy (non-hydrogen) atoms. The maximum absolute atomic E-state index is 15.1. The van der Waals surface area contributed by atoms with Crippen molar-refractivity contribution in [3.05, 3.63) is 66.0 Å². The number of piperidine rings is 1. The molecule has 0 bridgehead atoms. The number of carbonyl (C=O) groups excluding carboxylic acids is 1. The van der Waals surface area contributed by atoms with E-state index in [-0.39, 0.29) is 25.2 Å². The van der Waals surface area contributed by atoms with Gasteiger partial charge in [-0.3, -0.25) is 9.78 Å². The molecule has 1 saturated heterocycles. The standard InChI is InChI=1S/C20H23FN2O2/c1-19(25,16-7-3-2-4-8-16)15-18(24)23-13-10-20(21,11-14-23)17-9-5-6-12-22-17/h2-9,12,25H,10-11,13-15H2,1H3. The summed E-state index contributed by atoms with van der Waals surface area (Å²) in [5.41, 5.74) is -1.59. The van der Waals surface area contributed by atoms with E-state index in [2.05, 4.69) is 4.98 Å². The van der Waals surface area contributed by atoms with E-state index < -0.39 is 11.3 Å². The third kappa shape index (κ3) is 3.87. The molecule has 2 aromatic rings. The van der Waals surface area contributed by atoms with Crippen LogP contribution in [0.15, 0.2) is 54.7 Å². The van der Waals surface area contributed by atoms with E-state index >= 15 is 4.39 Å². The molecule has 1 unspecified atom stereocenters. The maximum Gasteiger partial charge on any atom is 0.225 e. The van der Waals surface area contributed by atoms with Gasteiger partial charge in [-0.1, -0.05) is 36.4 Å². The number of alkyl halides is 1. The van der Waals surface area contributed by atoms with E-state index in [4.69, 9.17) is 0 Å². The molecule has 3 rings (SSSR count). The first kappa shape index (κ1) is 17.5. The summed E-state index contributed by atoms with van der Waals surface area (Å²) in [5.74, 6) is -0.156. The van der Waals surface area contributed by atoms with Gasteiger partial charge in [-0.25, -0.2) is 4.39 Å². The molecular formula is C20H23FN2O2. The maximum atomic E-state index is 15.1. The Balaban J connectivity index is 1.62. The van der Waals surface area contributed by atoms with Crippen LogP contribution in [0.3, 0.4) is 0 Å². The Morgan fingerprint density at radius 2 is 1.84 bits per heavy atom. The van der Waals surface area contributed by atoms with E-state index in [1.165, 1.54) is 0 Å². The van der Waals surface area contributed by atoms with Gasteiger partial charge >= 0.3 is 0 Å². The van der Waals surface area contributed by atoms with Gasteiger partial charge in [0.2, 0.25) is 5.91 Å². The van der Waals surface area contributed by atoms with Crippen molar-refractivity contribution >= 4 is 5.91 Å². The van der Waals surface area contributed by atoms with E-state index in [0.717, 1.165) is 0 Å². The molecule has 0 aliphatic carbocycles. The fourth-order valence-corrected chi connectivity index (χ4v) is 3.30. The smallest absolute Gasteiger partial charge is 0.225 e. The lowest BCUT2D eigenvalue weighted by atomic mass is 9.88. The van der Waals surface area contributed by atoms with Crippen LogP contribution in [0.4, 0.5) is 4.39 Å². The van der Waals surface area contributed by atoms with Gasteiger partial charge in [-0.2, -0.15) is 0 Å². The Morgan fingerprint density at radius 3 is 2.44 bits per heavy atom. The van der Waals surface area contributed by atoms with E-state index in [1.54, 1.807) is 48.4 Å². The van der Waals surface area contributed by atoms with Crippen molar-refractivity contribution in [1.29, 1.82) is 0 Å². The van der Waals surface area contributed by atoms with Crippen molar-refractivity contribution in [3.8, 4) is 0 Å². The highest BCUT2D eigenvalue weighted by Gasteiger charge is 2.39. The fraction of sp³-hybridized carbons (Fsp3) is 0.400. The molecule has 0 radical (unpaired) electrons. The topological polar surface area (TPSA) is 53.4 Å². The average molecular weight is 342 g/mol. The van der Waals surface area contributed by atoms with Crippen molar-refractivity contribution in [2.75, 3.05) is 13.1 Å². The number of amides is 1. The first-order chi connectivity index (χ1) is 11.9. The molecule has 132 valence electrons. The van der Waals surface area contributed by atoms with Crippen molar-refractivity contribution in [1.82, 2.24) is 9.88 Å². The Kier molecular flexibility index (Phi) is 4.86. The van der Waals surface area contributed by atoms with Crippen LogP contribution < -0.4 is 0 Å². The lowest BCUT2D eigenvalue weighted by Gasteiger charge is -2.37. The van der Waals surface area contributed by atoms with Gasteiger partial charge in [0.25, 0.3) is 0 Å². The molecule has 1 amide bonds. The number of nitrogens with zero attached hydrogens (tertiary/aromatic N) is 2. The number of pyridine rings is 1. The van der Waals surface area contributed by atoms with Crippen LogP contribution in [-0.2, 0) is 16.1 Å². The minimum absolute atomic E-state index is 0.0140. The molecule has 1 N–H and O–H groups in total. The lowest BCUT2D eigenvalue weighted by Crippen LogP contribution is -2.45. The van der Waals surface area contributed by atoms with Crippen LogP contribution in [0, 0.1) is 0 Å².